The van der Waals surface area contributed by atoms with Crippen LogP contribution < -0.4 is 0 Å². The molecule has 0 fully saturated rings. The lowest BCUT2D eigenvalue weighted by Crippen LogP contribution is -2.01. The fourth-order valence-electron chi connectivity index (χ4n) is 4.05. The zero-order chi connectivity index (χ0) is 20.3. The highest BCUT2D eigenvalue weighted by molar-refractivity contribution is 5.85. The minimum Gasteiger partial charge on any atom is -0.248 e. The second-order valence-electron chi connectivity index (χ2n) is 8.96. The van der Waals surface area contributed by atoms with Crippen LogP contribution in [-0.4, -0.2) is 4.98 Å². The largest absolute Gasteiger partial charge is 0.248 e. The van der Waals surface area contributed by atoms with Crippen LogP contribution in [0.1, 0.15) is 63.8 Å². The summed E-state index contributed by atoms with van der Waals surface area (Å²) in [6.07, 6.45) is 4.34. The molecule has 0 radical (unpaired) electrons. The van der Waals surface area contributed by atoms with Gasteiger partial charge in [0.1, 0.15) is 0 Å². The Morgan fingerprint density at radius 2 is 1.36 bits per heavy atom. The van der Waals surface area contributed by atoms with Gasteiger partial charge in [0.25, 0.3) is 0 Å². The molecule has 3 rings (SSSR count). The van der Waals surface area contributed by atoms with E-state index in [4.69, 9.17) is 4.98 Å². The van der Waals surface area contributed by atoms with Crippen LogP contribution in [0.5, 0.6) is 0 Å². The lowest BCUT2D eigenvalue weighted by Gasteiger charge is -2.14. The van der Waals surface area contributed by atoms with E-state index in [2.05, 4.69) is 84.0 Å². The van der Waals surface area contributed by atoms with Crippen LogP contribution in [0.3, 0.4) is 0 Å². The number of benzene rings is 2. The van der Waals surface area contributed by atoms with Crippen LogP contribution in [-0.2, 0) is 25.7 Å². The minimum atomic E-state index is 0.644. The SMILES string of the molecule is CCc1cc(CC)cc(-c2ccc3c(CC(C)C)cc(CC(C)C)cc3n2)c1. The lowest BCUT2D eigenvalue weighted by molar-refractivity contribution is 0.638. The summed E-state index contributed by atoms with van der Waals surface area (Å²) in [4.78, 5) is 5.13. The van der Waals surface area contributed by atoms with E-state index in [-0.39, 0.29) is 0 Å². The van der Waals surface area contributed by atoms with Gasteiger partial charge >= 0.3 is 0 Å². The molecule has 2 aromatic carbocycles. The minimum absolute atomic E-state index is 0.644. The van der Waals surface area contributed by atoms with Gasteiger partial charge in [0.05, 0.1) is 11.2 Å². The van der Waals surface area contributed by atoms with E-state index >= 15 is 0 Å². The van der Waals surface area contributed by atoms with E-state index in [1.54, 1.807) is 0 Å². The van der Waals surface area contributed by atoms with Crippen molar-refractivity contribution in [1.82, 2.24) is 4.98 Å². The fourth-order valence-corrected chi connectivity index (χ4v) is 4.05. The summed E-state index contributed by atoms with van der Waals surface area (Å²) in [5.41, 5.74) is 9.13. The molecule has 1 nitrogen and oxygen atoms in total. The molecule has 1 heterocycles. The summed E-state index contributed by atoms with van der Waals surface area (Å²) in [6, 6.07) is 16.2. The summed E-state index contributed by atoms with van der Waals surface area (Å²) in [5.74, 6) is 1.30. The smallest absolute Gasteiger partial charge is 0.0715 e. The quantitative estimate of drug-likeness (QED) is 0.420. The van der Waals surface area contributed by atoms with E-state index in [1.165, 1.54) is 33.2 Å². The molecule has 1 aromatic heterocycles. The predicted octanol–water partition coefficient (Wildman–Crippen LogP) is 7.42. The Kier molecular flexibility index (Phi) is 6.54. The van der Waals surface area contributed by atoms with Crippen LogP contribution in [0.25, 0.3) is 22.2 Å². The maximum atomic E-state index is 5.13. The summed E-state index contributed by atoms with van der Waals surface area (Å²) in [7, 11) is 0. The van der Waals surface area contributed by atoms with Crippen molar-refractivity contribution in [2.75, 3.05) is 0 Å². The molecule has 148 valence electrons. The van der Waals surface area contributed by atoms with Gasteiger partial charge in [0.2, 0.25) is 0 Å². The summed E-state index contributed by atoms with van der Waals surface area (Å²) in [5, 5.41) is 1.31. The number of hydrogen-bond donors (Lipinski definition) is 0. The van der Waals surface area contributed by atoms with Gasteiger partial charge in [-0.3, -0.25) is 0 Å². The number of nitrogens with zero attached hydrogens (tertiary/aromatic N) is 1. The Bertz CT molecular complexity index is 928. The van der Waals surface area contributed by atoms with Crippen LogP contribution in [0.4, 0.5) is 0 Å². The first-order valence-electron chi connectivity index (χ1n) is 10.9. The zero-order valence-corrected chi connectivity index (χ0v) is 18.5. The van der Waals surface area contributed by atoms with Crippen molar-refractivity contribution >= 4 is 10.9 Å². The van der Waals surface area contributed by atoms with Gasteiger partial charge in [-0.25, -0.2) is 4.98 Å². The van der Waals surface area contributed by atoms with Gasteiger partial charge in [-0.2, -0.15) is 0 Å². The van der Waals surface area contributed by atoms with Crippen molar-refractivity contribution in [1.29, 1.82) is 0 Å². The van der Waals surface area contributed by atoms with E-state index in [9.17, 15) is 0 Å². The number of pyridine rings is 1. The monoisotopic (exact) mass is 373 g/mol. The summed E-state index contributed by atoms with van der Waals surface area (Å²) < 4.78 is 0. The highest BCUT2D eigenvalue weighted by Gasteiger charge is 2.11. The molecule has 28 heavy (non-hydrogen) atoms. The third-order valence-electron chi connectivity index (χ3n) is 5.39. The molecule has 0 aliphatic heterocycles. The Morgan fingerprint density at radius 1 is 0.714 bits per heavy atom. The molecule has 0 amide bonds. The van der Waals surface area contributed by atoms with Gasteiger partial charge in [-0.15, -0.1) is 0 Å². The van der Waals surface area contributed by atoms with E-state index < -0.39 is 0 Å². The number of aromatic nitrogens is 1. The molecule has 0 aliphatic carbocycles. The fraction of sp³-hybridized carbons (Fsp3) is 0.444. The average molecular weight is 374 g/mol. The predicted molar refractivity (Wildman–Crippen MR) is 123 cm³/mol. The van der Waals surface area contributed by atoms with Crippen molar-refractivity contribution in [3.8, 4) is 11.3 Å². The van der Waals surface area contributed by atoms with Crippen molar-refractivity contribution in [2.24, 2.45) is 11.8 Å². The molecular formula is C27H35N. The number of hydrogen-bond acceptors (Lipinski definition) is 1. The Labute approximate surface area is 171 Å². The second kappa shape index (κ2) is 8.90. The van der Waals surface area contributed by atoms with Crippen LogP contribution >= 0.6 is 0 Å². The Balaban J connectivity index is 2.14. The first kappa shape index (κ1) is 20.6. The maximum Gasteiger partial charge on any atom is 0.0715 e. The van der Waals surface area contributed by atoms with Crippen LogP contribution in [0.2, 0.25) is 0 Å². The van der Waals surface area contributed by atoms with Crippen molar-refractivity contribution in [2.45, 2.75) is 67.2 Å². The Morgan fingerprint density at radius 3 is 1.93 bits per heavy atom. The highest BCUT2D eigenvalue weighted by Crippen LogP contribution is 2.28. The van der Waals surface area contributed by atoms with E-state index in [0.717, 1.165) is 36.9 Å². The number of fused-ring (bicyclic) bond motifs is 1. The molecule has 3 aromatic rings. The van der Waals surface area contributed by atoms with Gasteiger partial charge in [0.15, 0.2) is 0 Å². The second-order valence-corrected chi connectivity index (χ2v) is 8.96. The Hall–Kier alpha value is -2.15. The normalized spacial score (nSPS) is 11.7. The zero-order valence-electron chi connectivity index (χ0n) is 18.5. The maximum absolute atomic E-state index is 5.13. The van der Waals surface area contributed by atoms with E-state index in [0.29, 0.717) is 11.8 Å². The van der Waals surface area contributed by atoms with Gasteiger partial charge in [-0.05, 0) is 84.0 Å². The third kappa shape index (κ3) is 4.82. The molecule has 1 heteroatoms. The molecule has 0 N–H and O–H groups in total. The standard InChI is InChI=1S/C27H35N/c1-7-20-13-21(8-2)15-24(14-20)26-10-9-25-23(12-19(5)6)16-22(11-18(3)4)17-27(25)28-26/h9-10,13-19H,7-8,11-12H2,1-6H3. The molecule has 0 saturated heterocycles. The average Bonchev–Trinajstić information content (AvgIpc) is 2.66. The topological polar surface area (TPSA) is 12.9 Å². The molecule has 0 spiro atoms. The van der Waals surface area contributed by atoms with Crippen LogP contribution in [0.15, 0.2) is 42.5 Å². The molecular weight excluding hydrogens is 338 g/mol. The van der Waals surface area contributed by atoms with Gasteiger partial charge in [-0.1, -0.05) is 59.7 Å². The van der Waals surface area contributed by atoms with Crippen molar-refractivity contribution in [3.05, 3.63) is 64.7 Å². The first-order chi connectivity index (χ1) is 13.4. The molecule has 0 unspecified atom stereocenters. The highest BCUT2D eigenvalue weighted by atomic mass is 14.7. The molecule has 0 atom stereocenters. The third-order valence-corrected chi connectivity index (χ3v) is 5.39. The summed E-state index contributed by atoms with van der Waals surface area (Å²) in [6.45, 7) is 13.6. The first-order valence-corrected chi connectivity index (χ1v) is 10.9. The summed E-state index contributed by atoms with van der Waals surface area (Å²) >= 11 is 0. The molecule has 0 aliphatic rings. The van der Waals surface area contributed by atoms with Crippen molar-refractivity contribution < 1.29 is 0 Å². The van der Waals surface area contributed by atoms with Gasteiger partial charge in [0, 0.05) is 10.9 Å². The number of aryl methyl sites for hydroxylation is 2. The van der Waals surface area contributed by atoms with Crippen molar-refractivity contribution in [3.63, 3.8) is 0 Å². The van der Waals surface area contributed by atoms with E-state index in [1.807, 2.05) is 0 Å². The van der Waals surface area contributed by atoms with Gasteiger partial charge < -0.3 is 0 Å². The lowest BCUT2D eigenvalue weighted by atomic mass is 9.93. The molecule has 0 saturated carbocycles. The van der Waals surface area contributed by atoms with Crippen LogP contribution in [0, 0.1) is 11.8 Å². The number of rotatable bonds is 7. The molecule has 0 bridgehead atoms.